The molecule has 462 valence electrons. The van der Waals surface area contributed by atoms with Crippen molar-refractivity contribution in [2.45, 2.75) is 0 Å². The van der Waals surface area contributed by atoms with E-state index in [-0.39, 0.29) is 0 Å². The van der Waals surface area contributed by atoms with Gasteiger partial charge in [-0.05, 0) is 88.5 Å². The molecule has 0 spiro atoms. The van der Waals surface area contributed by atoms with E-state index >= 15 is 0 Å². The summed E-state index contributed by atoms with van der Waals surface area (Å²) in [5, 5.41) is 14.0. The van der Waals surface area contributed by atoms with E-state index in [0.717, 1.165) is 111 Å². The van der Waals surface area contributed by atoms with Gasteiger partial charge in [0, 0.05) is 104 Å². The van der Waals surface area contributed by atoms with Crippen LogP contribution in [0.25, 0.3) is 222 Å². The molecule has 0 radical (unpaired) electrons. The number of fused-ring (bicyclic) bond motifs is 20. The summed E-state index contributed by atoms with van der Waals surface area (Å²) in [6.45, 7) is 0. The molecule has 10 nitrogen and oxygen atoms in total. The molecule has 0 saturated heterocycles. The molecule has 0 saturated carbocycles. The smallest absolute Gasteiger partial charge is 0.164 e. The van der Waals surface area contributed by atoms with E-state index < -0.39 is 0 Å². The highest BCUT2D eigenvalue weighted by Gasteiger charge is 2.27. The molecule has 0 fully saturated rings. The molecular weight excluding hydrogens is 1230 g/mol. The lowest BCUT2D eigenvalue weighted by Crippen LogP contribution is -2.00. The standard InChI is InChI=1S/C90H50N8O2/c1-3-20-52(21-4-1)85-91-87(95-89(92-85)59-28-16-25-56(47-59)61-34-19-41-74-77(61)81-76(99-74)50-69-64-31-8-12-38-71(64)98-73-40-14-10-33-66(73)80(81)83(69)98)54-44-42-51(43-45-54)55-24-15-27-58(46-55)88-93-86(53-22-5-2-6-23-53)94-90(96-88)60-29-17-26-57(48-60)62-35-18-36-67-78-75(100-84(62)67)49-68-63-30-7-11-37-70(63)97-72-39-13-9-32-65(72)79(78)82(68)97/h1-50H. The molecule has 0 aliphatic rings. The Morgan fingerprint density at radius 2 is 0.560 bits per heavy atom. The monoisotopic (exact) mass is 1270 g/mol. The van der Waals surface area contributed by atoms with E-state index in [9.17, 15) is 0 Å². The maximum atomic E-state index is 7.06. The third-order valence-corrected chi connectivity index (χ3v) is 20.5. The van der Waals surface area contributed by atoms with Gasteiger partial charge in [-0.2, -0.15) is 0 Å². The second-order valence-electron chi connectivity index (χ2n) is 26.0. The summed E-state index contributed by atoms with van der Waals surface area (Å²) in [5.74, 6) is 3.42. The topological polar surface area (TPSA) is 112 Å². The summed E-state index contributed by atoms with van der Waals surface area (Å²) in [5.41, 5.74) is 21.9. The van der Waals surface area contributed by atoms with Crippen LogP contribution in [0.3, 0.4) is 0 Å². The van der Waals surface area contributed by atoms with Gasteiger partial charge in [0.15, 0.2) is 34.9 Å². The number of furan rings is 2. The van der Waals surface area contributed by atoms with Crippen LogP contribution in [0.2, 0.25) is 0 Å². The first-order valence-electron chi connectivity index (χ1n) is 33.7. The van der Waals surface area contributed by atoms with Crippen molar-refractivity contribution >= 4 is 120 Å². The van der Waals surface area contributed by atoms with Crippen LogP contribution < -0.4 is 0 Å². The van der Waals surface area contributed by atoms with Crippen molar-refractivity contribution in [1.82, 2.24) is 38.7 Å². The predicted octanol–water partition coefficient (Wildman–Crippen LogP) is 23.2. The van der Waals surface area contributed by atoms with Gasteiger partial charge in [0.2, 0.25) is 0 Å². The molecule has 14 aromatic carbocycles. The molecule has 0 bridgehead atoms. The lowest BCUT2D eigenvalue weighted by atomic mass is 9.95. The van der Waals surface area contributed by atoms with Crippen molar-refractivity contribution in [1.29, 1.82) is 0 Å². The van der Waals surface area contributed by atoms with E-state index in [0.29, 0.717) is 34.9 Å². The Labute approximate surface area is 569 Å². The third-order valence-electron chi connectivity index (χ3n) is 20.5. The first-order chi connectivity index (χ1) is 49.6. The summed E-state index contributed by atoms with van der Waals surface area (Å²) < 4.78 is 18.8. The molecule has 0 aliphatic carbocycles. The second kappa shape index (κ2) is 20.9. The molecule has 8 aromatic heterocycles. The van der Waals surface area contributed by atoms with Gasteiger partial charge in [-0.25, -0.2) is 29.9 Å². The first kappa shape index (κ1) is 54.5. The van der Waals surface area contributed by atoms with Crippen LogP contribution in [0.5, 0.6) is 0 Å². The van der Waals surface area contributed by atoms with Crippen molar-refractivity contribution < 1.29 is 8.83 Å². The zero-order valence-electron chi connectivity index (χ0n) is 53.3. The Hall–Kier alpha value is -13.7. The fourth-order valence-corrected chi connectivity index (χ4v) is 16.1. The van der Waals surface area contributed by atoms with Gasteiger partial charge in [-0.15, -0.1) is 0 Å². The van der Waals surface area contributed by atoms with Crippen LogP contribution >= 0.6 is 0 Å². The summed E-state index contributed by atoms with van der Waals surface area (Å²) >= 11 is 0. The first-order valence-corrected chi connectivity index (χ1v) is 33.7. The Morgan fingerprint density at radius 1 is 0.200 bits per heavy atom. The Morgan fingerprint density at radius 3 is 1.10 bits per heavy atom. The van der Waals surface area contributed by atoms with Gasteiger partial charge in [0.1, 0.15) is 22.3 Å². The van der Waals surface area contributed by atoms with Crippen molar-refractivity contribution in [3.63, 3.8) is 0 Å². The minimum atomic E-state index is 0.560. The maximum Gasteiger partial charge on any atom is 0.164 e. The van der Waals surface area contributed by atoms with Gasteiger partial charge in [-0.1, -0.05) is 243 Å². The van der Waals surface area contributed by atoms with Gasteiger partial charge in [-0.3, -0.25) is 0 Å². The van der Waals surface area contributed by atoms with Crippen LogP contribution in [0.4, 0.5) is 0 Å². The van der Waals surface area contributed by atoms with E-state index in [4.69, 9.17) is 38.7 Å². The summed E-state index contributed by atoms with van der Waals surface area (Å²) in [4.78, 5) is 31.3. The minimum Gasteiger partial charge on any atom is -0.456 e. The molecule has 0 atom stereocenters. The highest BCUT2D eigenvalue weighted by Crippen LogP contribution is 2.50. The van der Waals surface area contributed by atoms with Gasteiger partial charge in [0.25, 0.3) is 0 Å². The number of nitrogens with zero attached hydrogens (tertiary/aromatic N) is 8. The Bertz CT molecular complexity index is 7150. The SMILES string of the molecule is c1ccc(-c2nc(-c3cccc(-c4ccc(-c5nc(-c6ccccc6)nc(-c6cccc(-c7cccc8oc9cc%10c%11ccccc%11n%11c%12ccccc%12c(c9c78)c%10%11)c6)n5)cc4)c3)nc(-c3cccc(-c4cccc5c4oc4cc6c7ccccc7n7c8ccccc8c(c45)c67)c3)n2)cc1. The van der Waals surface area contributed by atoms with Crippen molar-refractivity contribution in [3.05, 3.63) is 303 Å². The zero-order chi connectivity index (χ0) is 65.3. The number of aromatic nitrogens is 8. The van der Waals surface area contributed by atoms with Crippen molar-refractivity contribution in [3.8, 4) is 102 Å². The Kier molecular flexibility index (Phi) is 11.4. The van der Waals surface area contributed by atoms with E-state index in [1.165, 1.54) is 76.2 Å². The highest BCUT2D eigenvalue weighted by molar-refractivity contribution is 6.37. The lowest BCUT2D eigenvalue weighted by Gasteiger charge is -2.11. The molecule has 0 unspecified atom stereocenters. The molecule has 0 aliphatic heterocycles. The number of hydrogen-bond acceptors (Lipinski definition) is 8. The molecule has 0 N–H and O–H groups in total. The third kappa shape index (κ3) is 8.01. The van der Waals surface area contributed by atoms with Crippen LogP contribution in [0.15, 0.2) is 312 Å². The van der Waals surface area contributed by atoms with Crippen LogP contribution in [-0.4, -0.2) is 38.7 Å². The van der Waals surface area contributed by atoms with Crippen molar-refractivity contribution in [2.75, 3.05) is 0 Å². The van der Waals surface area contributed by atoms with Gasteiger partial charge in [0.05, 0.1) is 33.1 Å². The summed E-state index contributed by atoms with van der Waals surface area (Å²) in [7, 11) is 0. The second-order valence-corrected chi connectivity index (χ2v) is 26.0. The maximum absolute atomic E-state index is 7.06. The lowest BCUT2D eigenvalue weighted by molar-refractivity contribution is 0.669. The van der Waals surface area contributed by atoms with E-state index in [1.54, 1.807) is 0 Å². The highest BCUT2D eigenvalue weighted by atomic mass is 16.3. The predicted molar refractivity (Wildman–Crippen MR) is 406 cm³/mol. The van der Waals surface area contributed by atoms with Gasteiger partial charge >= 0.3 is 0 Å². The largest absolute Gasteiger partial charge is 0.456 e. The Balaban J connectivity index is 0.618. The average Bonchev–Trinajstić information content (AvgIpc) is 1.53. The van der Waals surface area contributed by atoms with Crippen LogP contribution in [-0.2, 0) is 0 Å². The molecule has 0 amide bonds. The normalized spacial score (nSPS) is 12.2. The zero-order valence-corrected chi connectivity index (χ0v) is 53.3. The number of benzene rings is 14. The fraction of sp³-hybridized carbons (Fsp3) is 0. The molecule has 22 rings (SSSR count). The molecular formula is C90H50N8O2. The quantitative estimate of drug-likeness (QED) is 0.140. The molecule has 100 heavy (non-hydrogen) atoms. The molecule has 22 aromatic rings. The summed E-state index contributed by atoms with van der Waals surface area (Å²) in [6, 6.07) is 106. The van der Waals surface area contributed by atoms with Crippen molar-refractivity contribution in [2.24, 2.45) is 0 Å². The minimum absolute atomic E-state index is 0.560. The fourth-order valence-electron chi connectivity index (χ4n) is 16.1. The van der Waals surface area contributed by atoms with Gasteiger partial charge < -0.3 is 17.6 Å². The van der Waals surface area contributed by atoms with E-state index in [2.05, 4.69) is 251 Å². The summed E-state index contributed by atoms with van der Waals surface area (Å²) in [6.07, 6.45) is 0. The molecule has 8 heterocycles. The number of hydrogen-bond donors (Lipinski definition) is 0. The molecule has 10 heteroatoms. The van der Waals surface area contributed by atoms with Crippen LogP contribution in [0, 0.1) is 0 Å². The number of rotatable bonds is 9. The van der Waals surface area contributed by atoms with E-state index in [1.807, 2.05) is 60.7 Å². The van der Waals surface area contributed by atoms with Crippen LogP contribution in [0.1, 0.15) is 0 Å². The number of para-hydroxylation sites is 5. The average molecular weight is 1280 g/mol.